The Hall–Kier alpha value is -2.32. The van der Waals surface area contributed by atoms with Gasteiger partial charge in [0.25, 0.3) is 5.91 Å². The van der Waals surface area contributed by atoms with Crippen molar-refractivity contribution >= 4 is 46.6 Å². The van der Waals surface area contributed by atoms with Crippen LogP contribution in [0.25, 0.3) is 0 Å². The maximum Gasteiger partial charge on any atom is 0.348 e. The highest BCUT2D eigenvalue weighted by molar-refractivity contribution is 8.01. The Morgan fingerprint density at radius 3 is 2.39 bits per heavy atom. The van der Waals surface area contributed by atoms with E-state index in [1.807, 2.05) is 31.2 Å². The number of thiophene rings is 1. The van der Waals surface area contributed by atoms with E-state index in [1.54, 1.807) is 20.8 Å². The van der Waals surface area contributed by atoms with Gasteiger partial charge in [-0.1, -0.05) is 18.2 Å². The lowest BCUT2D eigenvalue weighted by atomic mass is 10.1. The zero-order valence-corrected chi connectivity index (χ0v) is 17.9. The summed E-state index contributed by atoms with van der Waals surface area (Å²) in [6.07, 6.45) is 0. The molecule has 0 aliphatic rings. The van der Waals surface area contributed by atoms with Crippen molar-refractivity contribution in [2.45, 2.75) is 31.9 Å². The molecule has 1 amide bonds. The van der Waals surface area contributed by atoms with Crippen molar-refractivity contribution < 1.29 is 23.9 Å². The fourth-order valence-corrected chi connectivity index (χ4v) is 4.78. The largest absolute Gasteiger partial charge is 0.465 e. The number of amides is 1. The molecule has 6 nitrogen and oxygen atoms in total. The molecule has 8 heteroatoms. The molecule has 1 heterocycles. The van der Waals surface area contributed by atoms with Crippen LogP contribution >= 0.6 is 23.1 Å². The number of hydrogen-bond acceptors (Lipinski definition) is 7. The maximum atomic E-state index is 13.0. The summed E-state index contributed by atoms with van der Waals surface area (Å²) in [6, 6.07) is 7.44. The van der Waals surface area contributed by atoms with Gasteiger partial charge in [-0.2, -0.15) is 0 Å². The van der Waals surface area contributed by atoms with Crippen molar-refractivity contribution in [3.8, 4) is 0 Å². The third-order valence-electron chi connectivity index (χ3n) is 3.82. The Labute approximate surface area is 172 Å². The number of nitrogens with one attached hydrogen (secondary N) is 1. The van der Waals surface area contributed by atoms with Gasteiger partial charge in [0.15, 0.2) is 0 Å². The van der Waals surface area contributed by atoms with Gasteiger partial charge in [-0.3, -0.25) is 9.59 Å². The van der Waals surface area contributed by atoms with E-state index in [1.165, 1.54) is 11.8 Å². The van der Waals surface area contributed by atoms with E-state index in [0.717, 1.165) is 16.9 Å². The summed E-state index contributed by atoms with van der Waals surface area (Å²) in [6.45, 7) is 7.60. The first kappa shape index (κ1) is 22.0. The van der Waals surface area contributed by atoms with Crippen LogP contribution < -0.4 is 5.32 Å². The van der Waals surface area contributed by atoms with Crippen LogP contribution in [0.5, 0.6) is 0 Å². The zero-order chi connectivity index (χ0) is 20.7. The van der Waals surface area contributed by atoms with Crippen LogP contribution in [-0.4, -0.2) is 36.8 Å². The smallest absolute Gasteiger partial charge is 0.348 e. The lowest BCUT2D eigenvalue weighted by Gasteiger charge is -2.10. The van der Waals surface area contributed by atoms with E-state index in [-0.39, 0.29) is 30.8 Å². The molecule has 0 fully saturated rings. The van der Waals surface area contributed by atoms with Gasteiger partial charge < -0.3 is 14.8 Å². The molecule has 2 rings (SSSR count). The van der Waals surface area contributed by atoms with Crippen molar-refractivity contribution in [2.24, 2.45) is 0 Å². The minimum Gasteiger partial charge on any atom is -0.465 e. The molecular formula is C20H23NO5S2. The Bertz CT molecular complexity index is 875. The molecule has 150 valence electrons. The van der Waals surface area contributed by atoms with Crippen LogP contribution in [0, 0.1) is 13.8 Å². The summed E-state index contributed by atoms with van der Waals surface area (Å²) in [5.74, 6) is -1.12. The summed E-state index contributed by atoms with van der Waals surface area (Å²) >= 11 is 2.34. The standard InChI is InChI=1S/C20H23NO5S2/c1-5-25-15(22)11-27-20-16(13(4)17(28-20)19(24)26-6-2)18(23)21-14-10-8-7-9-12(14)3/h7-10H,5-6,11H2,1-4H3,(H,21,23). The van der Waals surface area contributed by atoms with E-state index < -0.39 is 5.97 Å². The lowest BCUT2D eigenvalue weighted by Crippen LogP contribution is -2.15. The number of carbonyl (C=O) groups excluding carboxylic acids is 3. The summed E-state index contributed by atoms with van der Waals surface area (Å²) in [7, 11) is 0. The molecule has 0 saturated carbocycles. The van der Waals surface area contributed by atoms with Gasteiger partial charge in [0, 0.05) is 5.69 Å². The van der Waals surface area contributed by atoms with Gasteiger partial charge in [-0.05, 0) is 44.9 Å². The number of thioether (sulfide) groups is 1. The van der Waals surface area contributed by atoms with Crippen LogP contribution in [0.4, 0.5) is 5.69 Å². The highest BCUT2D eigenvalue weighted by Crippen LogP contribution is 2.37. The normalized spacial score (nSPS) is 10.4. The Kier molecular flexibility index (Phi) is 8.07. The first-order chi connectivity index (χ1) is 13.4. The molecule has 1 aromatic heterocycles. The predicted octanol–water partition coefficient (Wildman–Crippen LogP) is 4.45. The van der Waals surface area contributed by atoms with Crippen molar-refractivity contribution in [1.29, 1.82) is 0 Å². The molecule has 0 aliphatic carbocycles. The molecule has 28 heavy (non-hydrogen) atoms. The summed E-state index contributed by atoms with van der Waals surface area (Å²) in [5.41, 5.74) is 2.54. The number of rotatable bonds is 8. The van der Waals surface area contributed by atoms with Gasteiger partial charge in [0.1, 0.15) is 4.88 Å². The predicted molar refractivity (Wildman–Crippen MR) is 112 cm³/mol. The first-order valence-corrected chi connectivity index (χ1v) is 10.6. The zero-order valence-electron chi connectivity index (χ0n) is 16.3. The van der Waals surface area contributed by atoms with Crippen molar-refractivity contribution in [1.82, 2.24) is 0 Å². The van der Waals surface area contributed by atoms with E-state index in [2.05, 4.69) is 5.32 Å². The molecule has 0 spiro atoms. The number of hydrogen-bond donors (Lipinski definition) is 1. The number of carbonyl (C=O) groups is 3. The van der Waals surface area contributed by atoms with E-state index in [0.29, 0.717) is 25.9 Å². The van der Waals surface area contributed by atoms with E-state index in [4.69, 9.17) is 9.47 Å². The summed E-state index contributed by atoms with van der Waals surface area (Å²) in [5, 5.41) is 2.89. The summed E-state index contributed by atoms with van der Waals surface area (Å²) in [4.78, 5) is 37.3. The van der Waals surface area contributed by atoms with Gasteiger partial charge in [0.2, 0.25) is 0 Å². The number of benzene rings is 1. The number of ether oxygens (including phenoxy) is 2. The van der Waals surface area contributed by atoms with Crippen molar-refractivity contribution in [3.05, 3.63) is 45.8 Å². The van der Waals surface area contributed by atoms with Gasteiger partial charge in [-0.15, -0.1) is 23.1 Å². The van der Waals surface area contributed by atoms with Crippen LogP contribution in [0.15, 0.2) is 28.5 Å². The SMILES string of the molecule is CCOC(=O)CSc1sc(C(=O)OCC)c(C)c1C(=O)Nc1ccccc1C. The molecule has 0 saturated heterocycles. The fraction of sp³-hybridized carbons (Fsp3) is 0.350. The second-order valence-electron chi connectivity index (χ2n) is 5.80. The van der Waals surface area contributed by atoms with E-state index >= 15 is 0 Å². The second kappa shape index (κ2) is 10.3. The monoisotopic (exact) mass is 421 g/mol. The number of para-hydroxylation sites is 1. The minimum atomic E-state index is -0.474. The van der Waals surface area contributed by atoms with Gasteiger partial charge in [-0.25, -0.2) is 4.79 Å². The molecule has 0 radical (unpaired) electrons. The highest BCUT2D eigenvalue weighted by atomic mass is 32.2. The van der Waals surface area contributed by atoms with Crippen molar-refractivity contribution in [2.75, 3.05) is 24.3 Å². The lowest BCUT2D eigenvalue weighted by molar-refractivity contribution is -0.139. The van der Waals surface area contributed by atoms with Crippen molar-refractivity contribution in [3.63, 3.8) is 0 Å². The Morgan fingerprint density at radius 2 is 1.75 bits per heavy atom. The fourth-order valence-electron chi connectivity index (χ4n) is 2.47. The second-order valence-corrected chi connectivity index (χ2v) is 8.07. The van der Waals surface area contributed by atoms with Crippen LogP contribution in [0.3, 0.4) is 0 Å². The molecule has 0 atom stereocenters. The summed E-state index contributed by atoms with van der Waals surface area (Å²) < 4.78 is 10.6. The van der Waals surface area contributed by atoms with E-state index in [9.17, 15) is 14.4 Å². The minimum absolute atomic E-state index is 0.0563. The third kappa shape index (κ3) is 5.36. The van der Waals surface area contributed by atoms with Crippen LogP contribution in [0.2, 0.25) is 0 Å². The molecule has 0 bridgehead atoms. The molecule has 1 N–H and O–H groups in total. The quantitative estimate of drug-likeness (QED) is 0.501. The number of anilines is 1. The molecule has 2 aromatic rings. The van der Waals surface area contributed by atoms with Gasteiger partial charge in [0.05, 0.1) is 28.7 Å². The van der Waals surface area contributed by atoms with Crippen LogP contribution in [0.1, 0.15) is 45.0 Å². The Balaban J connectivity index is 2.35. The Morgan fingerprint density at radius 1 is 1.07 bits per heavy atom. The average molecular weight is 422 g/mol. The first-order valence-electron chi connectivity index (χ1n) is 8.84. The molecule has 1 aromatic carbocycles. The number of esters is 2. The maximum absolute atomic E-state index is 13.0. The topological polar surface area (TPSA) is 81.7 Å². The van der Waals surface area contributed by atoms with Crippen LogP contribution in [-0.2, 0) is 14.3 Å². The van der Waals surface area contributed by atoms with Gasteiger partial charge >= 0.3 is 11.9 Å². The molecular weight excluding hydrogens is 398 g/mol. The molecule has 0 aliphatic heterocycles. The molecule has 0 unspecified atom stereocenters. The third-order valence-corrected chi connectivity index (χ3v) is 6.34. The number of aryl methyl sites for hydroxylation is 1. The highest BCUT2D eigenvalue weighted by Gasteiger charge is 2.26. The average Bonchev–Trinajstić information content (AvgIpc) is 2.99.